The Bertz CT molecular complexity index is 2440. The molecule has 438 valence electrons. The van der Waals surface area contributed by atoms with Gasteiger partial charge in [-0.2, -0.15) is 0 Å². The molecule has 7 rings (SSSR count). The number of hydrogen-bond donors (Lipinski definition) is 4. The molecular weight excluding hydrogens is 1010 g/mol. The molecule has 78 heavy (non-hydrogen) atoms. The lowest BCUT2D eigenvalue weighted by Crippen LogP contribution is -2.61. The first-order valence-electron chi connectivity index (χ1n) is 27.6. The number of methoxy groups -OCH3 is 2. The van der Waals surface area contributed by atoms with E-state index in [4.69, 9.17) is 37.9 Å². The summed E-state index contributed by atoms with van der Waals surface area (Å²) in [5, 5.41) is 56.0. The van der Waals surface area contributed by atoms with Gasteiger partial charge in [0.1, 0.15) is 41.9 Å². The van der Waals surface area contributed by atoms with Gasteiger partial charge in [0, 0.05) is 76.7 Å². The van der Waals surface area contributed by atoms with Gasteiger partial charge >= 0.3 is 12.1 Å². The van der Waals surface area contributed by atoms with Gasteiger partial charge in [-0.05, 0) is 118 Å². The number of esters is 1. The monoisotopic (exact) mass is 1100 g/mol. The number of rotatable bonds is 15. The van der Waals surface area contributed by atoms with Crippen molar-refractivity contribution < 1.29 is 72.3 Å². The summed E-state index contributed by atoms with van der Waals surface area (Å²) in [7, 11) is 6.91. The number of nitrogens with zero attached hydrogens (tertiary/aromatic N) is 7. The molecule has 19 atom stereocenters. The highest BCUT2D eigenvalue weighted by molar-refractivity contribution is 5.89. The third-order valence-electron chi connectivity index (χ3n) is 17.3. The van der Waals surface area contributed by atoms with E-state index in [-0.39, 0.29) is 38.0 Å². The SMILES string of the molecule is CC[C@H]1OC(=O)[C@H](C)[C@@H](O[C@H]2C[C@@](C)(OC)[C@@H](O)[C@H](C)O2)[C@H](C)[C@@H](O[C@@H]2O[C@H](C)C[C@H](N(C)CCc3cn(C[C@H]4CN(c5ccc(-n6cccc6)c(F)c5)C(=O)O4)nn3)[C@H]2O)[C@](C)(OC)C[C@@H](C)CN(C)[C@H](C)[C@@H](O)[C@]1(C)O. The van der Waals surface area contributed by atoms with E-state index in [2.05, 4.69) is 17.2 Å². The van der Waals surface area contributed by atoms with Crippen LogP contribution in [-0.4, -0.2) is 206 Å². The molecule has 0 saturated carbocycles. The molecule has 21 nitrogen and oxygen atoms in total. The van der Waals surface area contributed by atoms with E-state index in [0.29, 0.717) is 49.4 Å². The zero-order valence-corrected chi connectivity index (χ0v) is 48.1. The van der Waals surface area contributed by atoms with Crippen LogP contribution in [0.3, 0.4) is 0 Å². The van der Waals surface area contributed by atoms with Gasteiger partial charge < -0.3 is 72.7 Å². The second-order valence-corrected chi connectivity index (χ2v) is 23.4. The Balaban J connectivity index is 1.10. The van der Waals surface area contributed by atoms with Crippen LogP contribution in [0.5, 0.6) is 0 Å². The zero-order chi connectivity index (χ0) is 57.2. The zero-order valence-electron chi connectivity index (χ0n) is 48.1. The van der Waals surface area contributed by atoms with Gasteiger partial charge in [0.25, 0.3) is 0 Å². The van der Waals surface area contributed by atoms with E-state index < -0.39 is 120 Å². The van der Waals surface area contributed by atoms with Crippen LogP contribution in [-0.2, 0) is 55.7 Å². The molecule has 1 amide bonds. The van der Waals surface area contributed by atoms with Crippen LogP contribution in [0.15, 0.2) is 48.9 Å². The van der Waals surface area contributed by atoms with E-state index in [1.807, 2.05) is 51.6 Å². The van der Waals surface area contributed by atoms with Crippen molar-refractivity contribution >= 4 is 17.7 Å². The number of aliphatic hydroxyl groups excluding tert-OH is 3. The quantitative estimate of drug-likeness (QED) is 0.151. The van der Waals surface area contributed by atoms with Crippen molar-refractivity contribution in [3.05, 3.63) is 60.4 Å². The van der Waals surface area contributed by atoms with Crippen molar-refractivity contribution in [3.63, 3.8) is 0 Å². The first kappa shape index (κ1) is 61.4. The van der Waals surface area contributed by atoms with E-state index in [0.717, 1.165) is 0 Å². The maximum absolute atomic E-state index is 15.1. The molecule has 4 N–H and O–H groups in total. The van der Waals surface area contributed by atoms with Crippen molar-refractivity contribution in [3.8, 4) is 5.69 Å². The Morgan fingerprint density at radius 2 is 1.60 bits per heavy atom. The number of carbonyl (C=O) groups is 2. The van der Waals surface area contributed by atoms with Crippen molar-refractivity contribution in [1.29, 1.82) is 0 Å². The average molecular weight is 1100 g/mol. The van der Waals surface area contributed by atoms with Crippen LogP contribution < -0.4 is 4.90 Å². The summed E-state index contributed by atoms with van der Waals surface area (Å²) in [6, 6.07) is 7.24. The molecule has 0 aliphatic carbocycles. The lowest BCUT2D eigenvalue weighted by Gasteiger charge is -2.49. The number of cyclic esters (lactones) is 2. The Morgan fingerprint density at radius 3 is 2.26 bits per heavy atom. The molecule has 6 heterocycles. The minimum atomic E-state index is -1.83. The number of anilines is 1. The minimum absolute atomic E-state index is 0.0910. The molecule has 0 radical (unpaired) electrons. The molecule has 4 aliphatic heterocycles. The van der Waals surface area contributed by atoms with Gasteiger partial charge in [-0.25, -0.2) is 13.9 Å². The molecule has 3 aromatic rings. The molecule has 4 fully saturated rings. The number of aliphatic hydroxyl groups is 4. The summed E-state index contributed by atoms with van der Waals surface area (Å²) >= 11 is 0. The number of halogens is 1. The highest BCUT2D eigenvalue weighted by Gasteiger charge is 2.53. The normalized spacial score (nSPS) is 38.9. The van der Waals surface area contributed by atoms with Crippen LogP contribution in [0.1, 0.15) is 101 Å². The minimum Gasteiger partial charge on any atom is -0.459 e. The topological polar surface area (TPSA) is 234 Å². The van der Waals surface area contributed by atoms with Crippen molar-refractivity contribution in [2.24, 2.45) is 17.8 Å². The van der Waals surface area contributed by atoms with Crippen molar-refractivity contribution in [2.75, 3.05) is 52.8 Å². The highest BCUT2D eigenvalue weighted by Crippen LogP contribution is 2.41. The summed E-state index contributed by atoms with van der Waals surface area (Å²) < 4.78 is 69.5. The fourth-order valence-electron chi connectivity index (χ4n) is 12.2. The van der Waals surface area contributed by atoms with Crippen LogP contribution >= 0.6 is 0 Å². The molecule has 2 aromatic heterocycles. The van der Waals surface area contributed by atoms with Crippen molar-refractivity contribution in [1.82, 2.24) is 29.4 Å². The highest BCUT2D eigenvalue weighted by atomic mass is 19.1. The lowest BCUT2D eigenvalue weighted by atomic mass is 9.77. The van der Waals surface area contributed by atoms with Crippen LogP contribution in [0, 0.1) is 23.6 Å². The van der Waals surface area contributed by atoms with Gasteiger partial charge in [-0.1, -0.05) is 26.0 Å². The number of hydrogen-bond acceptors (Lipinski definition) is 18. The lowest BCUT2D eigenvalue weighted by molar-refractivity contribution is -0.319. The fourth-order valence-corrected chi connectivity index (χ4v) is 12.2. The van der Waals surface area contributed by atoms with Gasteiger partial charge in [-0.15, -0.1) is 5.10 Å². The Kier molecular flexibility index (Phi) is 19.9. The van der Waals surface area contributed by atoms with E-state index >= 15 is 4.39 Å². The predicted octanol–water partition coefficient (Wildman–Crippen LogP) is 4.71. The van der Waals surface area contributed by atoms with Gasteiger partial charge in [-0.3, -0.25) is 9.69 Å². The number of ether oxygens (including phenoxy) is 8. The predicted molar refractivity (Wildman–Crippen MR) is 285 cm³/mol. The van der Waals surface area contributed by atoms with Crippen LogP contribution in [0.2, 0.25) is 0 Å². The van der Waals surface area contributed by atoms with Crippen LogP contribution in [0.4, 0.5) is 14.9 Å². The second-order valence-electron chi connectivity index (χ2n) is 23.4. The Hall–Kier alpha value is -4.17. The Labute approximate surface area is 459 Å². The number of likely N-dealkylation sites (N-methyl/N-ethyl adjacent to an activating group) is 2. The van der Waals surface area contributed by atoms with Crippen molar-refractivity contribution in [2.45, 2.75) is 204 Å². The maximum atomic E-state index is 15.1. The number of carbonyl (C=O) groups excluding carboxylic acids is 2. The molecule has 4 aliphatic rings. The van der Waals surface area contributed by atoms with E-state index in [1.54, 1.807) is 86.9 Å². The summed E-state index contributed by atoms with van der Waals surface area (Å²) in [5.41, 5.74) is -2.58. The Morgan fingerprint density at radius 1 is 0.910 bits per heavy atom. The van der Waals surface area contributed by atoms with E-state index in [9.17, 15) is 30.0 Å². The second kappa shape index (κ2) is 25.3. The first-order valence-corrected chi connectivity index (χ1v) is 27.6. The molecular formula is C56H88FN7O14. The average Bonchev–Trinajstić information content (AvgIpc) is 4.29. The maximum Gasteiger partial charge on any atom is 0.414 e. The molecule has 0 unspecified atom stereocenters. The molecule has 0 bridgehead atoms. The van der Waals surface area contributed by atoms with Crippen LogP contribution in [0.25, 0.3) is 5.69 Å². The number of aromatic nitrogens is 4. The molecule has 22 heteroatoms. The summed E-state index contributed by atoms with van der Waals surface area (Å²) in [4.78, 5) is 33.0. The summed E-state index contributed by atoms with van der Waals surface area (Å²) in [6.07, 6.45) is -3.90. The third kappa shape index (κ3) is 13.4. The van der Waals surface area contributed by atoms with Gasteiger partial charge in [0.2, 0.25) is 0 Å². The van der Waals surface area contributed by atoms with Gasteiger partial charge in [0.05, 0.1) is 71.7 Å². The van der Waals surface area contributed by atoms with E-state index in [1.165, 1.54) is 25.0 Å². The molecule has 0 spiro atoms. The molecule has 4 saturated heterocycles. The first-order chi connectivity index (χ1) is 36.7. The van der Waals surface area contributed by atoms with Gasteiger partial charge in [0.15, 0.2) is 12.6 Å². The summed E-state index contributed by atoms with van der Waals surface area (Å²) in [6.45, 7) is 19.5. The molecule has 1 aromatic carbocycles. The third-order valence-corrected chi connectivity index (χ3v) is 17.3. The number of benzene rings is 1. The smallest absolute Gasteiger partial charge is 0.414 e. The fraction of sp³-hybridized carbons (Fsp3) is 0.750. The standard InChI is InChI=1S/C56H88FN7O14/c1-15-44-56(10,70)48(66)36(6)61(12)28-32(2)26-55(9,72-14)50(34(4)47(35(5)51(68)76-44)77-45-27-54(8,71-13)49(67)37(7)74-45)78-52-46(65)43(24-33(3)73-52)60(11)23-20-38-29-63(59-58-38)30-40-31-64(53(69)75-40)39-18-19-42(41(57)25-39)62-21-16-17-22-62/h16-19,21-22,25,29,32-37,40,43-50,52,65-67,70H,15,20,23-24,26-28,30-31H2,1-14H3/t32-,33-,34+,35-,36-,37+,40+,43+,44-,45+,46-,47+,48-,49+,50-,52+,54-,55-,56-/m1/s1. The largest absolute Gasteiger partial charge is 0.459 e. The number of amides is 1. The summed E-state index contributed by atoms with van der Waals surface area (Å²) in [5.74, 6) is -3.00.